The van der Waals surface area contributed by atoms with Gasteiger partial charge in [-0.3, -0.25) is 0 Å². The molecule has 3 heteroatoms. The third kappa shape index (κ3) is 1.06. The van der Waals surface area contributed by atoms with Crippen molar-refractivity contribution < 1.29 is 9.53 Å². The van der Waals surface area contributed by atoms with Crippen molar-refractivity contribution in [3.63, 3.8) is 0 Å². The molecule has 0 fully saturated rings. The Kier molecular flexibility index (Phi) is 1.91. The van der Waals surface area contributed by atoms with Crippen LogP contribution in [0.4, 0.5) is 0 Å². The van der Waals surface area contributed by atoms with Crippen LogP contribution in [0.25, 0.3) is 0 Å². The van der Waals surface area contributed by atoms with Crippen LogP contribution in [0.15, 0.2) is 18.2 Å². The van der Waals surface area contributed by atoms with E-state index in [4.69, 9.17) is 4.74 Å². The van der Waals surface area contributed by atoms with Gasteiger partial charge >= 0.3 is 76.7 Å². The van der Waals surface area contributed by atoms with Gasteiger partial charge < -0.3 is 0 Å². The normalized spacial score (nSPS) is 14.6. The number of carbonyl (C=O) groups excluding carboxylic acids is 1. The van der Waals surface area contributed by atoms with Gasteiger partial charge in [0.15, 0.2) is 0 Å². The molecule has 0 spiro atoms. The molecule has 1 heterocycles. The van der Waals surface area contributed by atoms with E-state index in [1.807, 2.05) is 18.2 Å². The van der Waals surface area contributed by atoms with E-state index in [-0.39, 0.29) is 5.78 Å². The number of fused-ring (bicyclic) bond motifs is 1. The van der Waals surface area contributed by atoms with Gasteiger partial charge in [0.1, 0.15) is 0 Å². The molecule has 0 atom stereocenters. The molecular formula is C9H8O2Se. The SMILES string of the molecule is COc1cccc2c1C(=O)C[Se]2. The Morgan fingerprint density at radius 3 is 3.08 bits per heavy atom. The van der Waals surface area contributed by atoms with Crippen molar-refractivity contribution >= 4 is 25.2 Å². The molecule has 0 unspecified atom stereocenters. The maximum atomic E-state index is 11.4. The summed E-state index contributed by atoms with van der Waals surface area (Å²) in [6.45, 7) is 0. The zero-order chi connectivity index (χ0) is 8.55. The van der Waals surface area contributed by atoms with E-state index in [2.05, 4.69) is 0 Å². The first-order valence-corrected chi connectivity index (χ1v) is 5.72. The second-order valence-corrected chi connectivity index (χ2v) is 4.68. The van der Waals surface area contributed by atoms with Crippen LogP contribution in [-0.2, 0) is 0 Å². The van der Waals surface area contributed by atoms with Crippen molar-refractivity contribution in [2.24, 2.45) is 0 Å². The summed E-state index contributed by atoms with van der Waals surface area (Å²) >= 11 is 0.334. The number of benzene rings is 1. The molecule has 0 saturated heterocycles. The number of ether oxygens (including phenoxy) is 1. The van der Waals surface area contributed by atoms with Gasteiger partial charge in [-0.2, -0.15) is 0 Å². The summed E-state index contributed by atoms with van der Waals surface area (Å²) in [7, 11) is 1.61. The number of hydrogen-bond acceptors (Lipinski definition) is 2. The summed E-state index contributed by atoms with van der Waals surface area (Å²) in [5.41, 5.74) is 0.819. The zero-order valence-electron chi connectivity index (χ0n) is 6.66. The molecule has 2 nitrogen and oxygen atoms in total. The van der Waals surface area contributed by atoms with Crippen LogP contribution in [0.5, 0.6) is 5.75 Å². The van der Waals surface area contributed by atoms with Crippen molar-refractivity contribution in [3.8, 4) is 5.75 Å². The molecule has 0 aliphatic carbocycles. The summed E-state index contributed by atoms with van der Waals surface area (Å²) in [5, 5.41) is 0.697. The fourth-order valence-corrected chi connectivity index (χ4v) is 3.32. The summed E-state index contributed by atoms with van der Waals surface area (Å²) < 4.78 is 6.30. The molecule has 2 rings (SSSR count). The van der Waals surface area contributed by atoms with Crippen molar-refractivity contribution in [2.45, 2.75) is 5.32 Å². The minimum absolute atomic E-state index is 0.238. The van der Waals surface area contributed by atoms with E-state index in [9.17, 15) is 4.79 Å². The fraction of sp³-hybridized carbons (Fsp3) is 0.222. The molecule has 0 amide bonds. The van der Waals surface area contributed by atoms with E-state index in [0.29, 0.717) is 20.3 Å². The van der Waals surface area contributed by atoms with Gasteiger partial charge in [0.05, 0.1) is 0 Å². The quantitative estimate of drug-likeness (QED) is 0.658. The molecule has 0 bridgehead atoms. The number of Topliss-reactive ketones (excluding diaryl/α,β-unsaturated/α-hetero) is 1. The van der Waals surface area contributed by atoms with Crippen molar-refractivity contribution in [3.05, 3.63) is 23.8 Å². The molecule has 0 radical (unpaired) electrons. The van der Waals surface area contributed by atoms with E-state index < -0.39 is 0 Å². The van der Waals surface area contributed by atoms with Crippen molar-refractivity contribution in [1.29, 1.82) is 0 Å². The van der Waals surface area contributed by atoms with E-state index in [1.54, 1.807) is 7.11 Å². The minimum atomic E-state index is 0.238. The Balaban J connectivity index is 2.60. The first-order valence-electron chi connectivity index (χ1n) is 3.66. The molecule has 0 aromatic heterocycles. The van der Waals surface area contributed by atoms with E-state index >= 15 is 0 Å². The predicted molar refractivity (Wildman–Crippen MR) is 47.5 cm³/mol. The van der Waals surface area contributed by atoms with Gasteiger partial charge in [0.25, 0.3) is 0 Å². The maximum absolute atomic E-state index is 11.4. The molecule has 1 aromatic rings. The van der Waals surface area contributed by atoms with Gasteiger partial charge in [0.2, 0.25) is 0 Å². The van der Waals surface area contributed by atoms with Gasteiger partial charge in [-0.05, 0) is 0 Å². The Morgan fingerprint density at radius 2 is 2.33 bits per heavy atom. The topological polar surface area (TPSA) is 26.3 Å². The summed E-state index contributed by atoms with van der Waals surface area (Å²) in [5.74, 6) is 0.972. The van der Waals surface area contributed by atoms with Crippen LogP contribution < -0.4 is 9.20 Å². The fourth-order valence-electron chi connectivity index (χ4n) is 1.29. The Morgan fingerprint density at radius 1 is 1.50 bits per heavy atom. The first-order chi connectivity index (χ1) is 5.83. The molecule has 1 aliphatic heterocycles. The summed E-state index contributed by atoms with van der Waals surface area (Å²) in [4.78, 5) is 11.4. The van der Waals surface area contributed by atoms with Gasteiger partial charge in [-0.25, -0.2) is 0 Å². The van der Waals surface area contributed by atoms with Crippen LogP contribution in [0.2, 0.25) is 5.32 Å². The molecular weight excluding hydrogens is 219 g/mol. The number of hydrogen-bond donors (Lipinski definition) is 0. The zero-order valence-corrected chi connectivity index (χ0v) is 8.38. The second-order valence-electron chi connectivity index (χ2n) is 2.55. The standard InChI is InChI=1S/C9H8O2Se/c1-11-7-3-2-4-8-9(7)6(10)5-12-8/h2-4H,5H2,1H3. The summed E-state index contributed by atoms with van der Waals surface area (Å²) in [6, 6.07) is 5.80. The average molecular weight is 227 g/mol. The van der Waals surface area contributed by atoms with Crippen LogP contribution in [-0.4, -0.2) is 27.8 Å². The average Bonchev–Trinajstić information content (AvgIpc) is 2.48. The summed E-state index contributed by atoms with van der Waals surface area (Å²) in [6.07, 6.45) is 0. The molecule has 12 heavy (non-hydrogen) atoms. The number of carbonyl (C=O) groups is 1. The number of ketones is 1. The molecule has 62 valence electrons. The van der Waals surface area contributed by atoms with Crippen LogP contribution in [0.3, 0.4) is 0 Å². The Bertz CT molecular complexity index is 333. The molecule has 0 N–H and O–H groups in total. The van der Waals surface area contributed by atoms with Gasteiger partial charge in [0, 0.05) is 0 Å². The first kappa shape index (κ1) is 7.84. The molecule has 1 aromatic carbocycles. The molecule has 1 aliphatic rings. The van der Waals surface area contributed by atoms with E-state index in [0.717, 1.165) is 11.3 Å². The third-order valence-electron chi connectivity index (χ3n) is 1.85. The second kappa shape index (κ2) is 2.92. The van der Waals surface area contributed by atoms with Crippen LogP contribution in [0, 0.1) is 0 Å². The van der Waals surface area contributed by atoms with Crippen LogP contribution in [0.1, 0.15) is 10.4 Å². The third-order valence-corrected chi connectivity index (χ3v) is 4.06. The monoisotopic (exact) mass is 228 g/mol. The number of rotatable bonds is 1. The number of methoxy groups -OCH3 is 1. The van der Waals surface area contributed by atoms with Gasteiger partial charge in [-0.15, -0.1) is 0 Å². The predicted octanol–water partition coefficient (Wildman–Crippen LogP) is 0.639. The Labute approximate surface area is 77.1 Å². The van der Waals surface area contributed by atoms with Crippen molar-refractivity contribution in [1.82, 2.24) is 0 Å². The van der Waals surface area contributed by atoms with Crippen molar-refractivity contribution in [2.75, 3.05) is 7.11 Å². The van der Waals surface area contributed by atoms with E-state index in [1.165, 1.54) is 4.46 Å². The molecule has 0 saturated carbocycles. The Hall–Kier alpha value is -0.791. The van der Waals surface area contributed by atoms with Crippen LogP contribution >= 0.6 is 0 Å². The van der Waals surface area contributed by atoms with Gasteiger partial charge in [-0.1, -0.05) is 0 Å².